The predicted molar refractivity (Wildman–Crippen MR) is 93.0 cm³/mol. The molecule has 0 N–H and O–H groups in total. The zero-order valence-corrected chi connectivity index (χ0v) is 15.0. The molecular weight excluding hydrogens is 339 g/mol. The van der Waals surface area contributed by atoms with Gasteiger partial charge in [-0.3, -0.25) is 4.79 Å². The number of halogens is 1. The lowest BCUT2D eigenvalue weighted by atomic mass is 9.96. The van der Waals surface area contributed by atoms with Gasteiger partial charge in [0.1, 0.15) is 11.9 Å². The molecule has 2 amide bonds. The summed E-state index contributed by atoms with van der Waals surface area (Å²) in [5, 5.41) is 0. The number of rotatable bonds is 3. The fourth-order valence-corrected chi connectivity index (χ4v) is 3.55. The van der Waals surface area contributed by atoms with Crippen LogP contribution >= 0.6 is 0 Å². The van der Waals surface area contributed by atoms with Gasteiger partial charge in [-0.25, -0.2) is 9.18 Å². The molecule has 0 saturated carbocycles. The first-order valence-corrected chi connectivity index (χ1v) is 9.16. The second-order valence-corrected chi connectivity index (χ2v) is 6.68. The van der Waals surface area contributed by atoms with Crippen LogP contribution in [0.5, 0.6) is 0 Å². The maximum absolute atomic E-state index is 13.1. The van der Waals surface area contributed by atoms with Crippen molar-refractivity contribution in [1.82, 2.24) is 9.80 Å². The van der Waals surface area contributed by atoms with E-state index in [-0.39, 0.29) is 29.8 Å². The summed E-state index contributed by atoms with van der Waals surface area (Å²) >= 11 is 0. The first-order chi connectivity index (χ1) is 12.6. The van der Waals surface area contributed by atoms with E-state index in [2.05, 4.69) is 0 Å². The monoisotopic (exact) mass is 364 g/mol. The summed E-state index contributed by atoms with van der Waals surface area (Å²) in [6, 6.07) is 6.18. The highest BCUT2D eigenvalue weighted by atomic mass is 19.1. The highest BCUT2D eigenvalue weighted by molar-refractivity contribution is 5.80. The van der Waals surface area contributed by atoms with Crippen LogP contribution in [0.1, 0.15) is 31.4 Å². The van der Waals surface area contributed by atoms with Crippen LogP contribution in [0.4, 0.5) is 9.18 Å². The SMILES string of the molecule is CCOC(=O)N1CCCC(C(=O)N2CCOC(c3ccc(F)cc3)C2)C1. The second kappa shape index (κ2) is 8.49. The molecule has 0 aromatic heterocycles. The fraction of sp³-hybridized carbons (Fsp3) is 0.579. The van der Waals surface area contributed by atoms with E-state index in [1.165, 1.54) is 12.1 Å². The van der Waals surface area contributed by atoms with Gasteiger partial charge in [-0.1, -0.05) is 12.1 Å². The third kappa shape index (κ3) is 4.33. The zero-order valence-electron chi connectivity index (χ0n) is 15.0. The van der Waals surface area contributed by atoms with Crippen molar-refractivity contribution in [2.75, 3.05) is 39.4 Å². The van der Waals surface area contributed by atoms with Crippen LogP contribution in [0.2, 0.25) is 0 Å². The Bertz CT molecular complexity index is 637. The molecular formula is C19H25FN2O4. The van der Waals surface area contributed by atoms with Crippen molar-refractivity contribution in [3.8, 4) is 0 Å². The van der Waals surface area contributed by atoms with E-state index < -0.39 is 0 Å². The minimum Gasteiger partial charge on any atom is -0.450 e. The number of nitrogens with zero attached hydrogens (tertiary/aromatic N) is 2. The van der Waals surface area contributed by atoms with Crippen molar-refractivity contribution in [1.29, 1.82) is 0 Å². The molecule has 1 aromatic carbocycles. The standard InChI is InChI=1S/C19H25FN2O4/c1-2-25-19(24)22-9-3-4-15(12-22)18(23)21-10-11-26-17(13-21)14-5-7-16(20)8-6-14/h5-8,15,17H,2-4,9-13H2,1H3. The Morgan fingerprint density at radius 3 is 2.69 bits per heavy atom. The number of likely N-dealkylation sites (tertiary alicyclic amines) is 1. The van der Waals surface area contributed by atoms with Crippen LogP contribution in [-0.4, -0.2) is 61.2 Å². The minimum absolute atomic E-state index is 0.0504. The Hall–Kier alpha value is -2.15. The van der Waals surface area contributed by atoms with Crippen LogP contribution in [0.25, 0.3) is 0 Å². The molecule has 0 aliphatic carbocycles. The number of piperidine rings is 1. The second-order valence-electron chi connectivity index (χ2n) is 6.68. The Morgan fingerprint density at radius 1 is 1.19 bits per heavy atom. The minimum atomic E-state index is -0.351. The fourth-order valence-electron chi connectivity index (χ4n) is 3.55. The number of hydrogen-bond donors (Lipinski definition) is 0. The molecule has 2 aliphatic rings. The van der Waals surface area contributed by atoms with E-state index in [9.17, 15) is 14.0 Å². The van der Waals surface area contributed by atoms with E-state index in [4.69, 9.17) is 9.47 Å². The average Bonchev–Trinajstić information content (AvgIpc) is 2.68. The van der Waals surface area contributed by atoms with Gasteiger partial charge in [-0.15, -0.1) is 0 Å². The van der Waals surface area contributed by atoms with Crippen LogP contribution < -0.4 is 0 Å². The highest BCUT2D eigenvalue weighted by Crippen LogP contribution is 2.26. The first-order valence-electron chi connectivity index (χ1n) is 9.16. The Morgan fingerprint density at radius 2 is 1.96 bits per heavy atom. The lowest BCUT2D eigenvalue weighted by Gasteiger charge is -2.38. The van der Waals surface area contributed by atoms with Gasteiger partial charge in [-0.2, -0.15) is 0 Å². The summed E-state index contributed by atoms with van der Waals surface area (Å²) in [5.41, 5.74) is 0.862. The van der Waals surface area contributed by atoms with Crippen molar-refractivity contribution in [2.45, 2.75) is 25.9 Å². The van der Waals surface area contributed by atoms with Gasteiger partial charge in [0.25, 0.3) is 0 Å². The number of amides is 2. The maximum Gasteiger partial charge on any atom is 0.409 e. The van der Waals surface area contributed by atoms with E-state index >= 15 is 0 Å². The lowest BCUT2D eigenvalue weighted by molar-refractivity contribution is -0.144. The number of morpholine rings is 1. The molecule has 0 radical (unpaired) electrons. The summed E-state index contributed by atoms with van der Waals surface area (Å²) in [5.74, 6) is -0.451. The van der Waals surface area contributed by atoms with Gasteiger partial charge in [0.2, 0.25) is 5.91 Å². The van der Waals surface area contributed by atoms with Gasteiger partial charge in [0.05, 0.1) is 25.7 Å². The van der Waals surface area contributed by atoms with Crippen molar-refractivity contribution in [3.05, 3.63) is 35.6 Å². The highest BCUT2D eigenvalue weighted by Gasteiger charge is 2.34. The van der Waals surface area contributed by atoms with Crippen LogP contribution in [-0.2, 0) is 14.3 Å². The van der Waals surface area contributed by atoms with Crippen LogP contribution in [0, 0.1) is 11.7 Å². The normalized spacial score (nSPS) is 23.6. The maximum atomic E-state index is 13.1. The summed E-state index contributed by atoms with van der Waals surface area (Å²) in [6.45, 7) is 4.56. The van der Waals surface area contributed by atoms with Gasteiger partial charge in [-0.05, 0) is 37.5 Å². The lowest BCUT2D eigenvalue weighted by Crippen LogP contribution is -2.50. The number of hydrogen-bond acceptors (Lipinski definition) is 4. The molecule has 6 nitrogen and oxygen atoms in total. The van der Waals surface area contributed by atoms with E-state index in [0.717, 1.165) is 18.4 Å². The third-order valence-electron chi connectivity index (χ3n) is 4.92. The quantitative estimate of drug-likeness (QED) is 0.827. The van der Waals surface area contributed by atoms with Crippen molar-refractivity contribution in [3.63, 3.8) is 0 Å². The number of carbonyl (C=O) groups is 2. The topological polar surface area (TPSA) is 59.1 Å². The summed E-state index contributed by atoms with van der Waals surface area (Å²) < 4.78 is 23.9. The molecule has 0 spiro atoms. The van der Waals surface area contributed by atoms with E-state index in [0.29, 0.717) is 39.4 Å². The molecule has 2 heterocycles. The predicted octanol–water partition coefficient (Wildman–Crippen LogP) is 2.59. The molecule has 0 bridgehead atoms. The number of benzene rings is 1. The Balaban J connectivity index is 1.61. The van der Waals surface area contributed by atoms with Crippen molar-refractivity contribution < 1.29 is 23.5 Å². The number of carbonyl (C=O) groups excluding carboxylic acids is 2. The Labute approximate surface area is 152 Å². The molecule has 3 rings (SSSR count). The summed E-state index contributed by atoms with van der Waals surface area (Å²) in [7, 11) is 0. The van der Waals surface area contributed by atoms with Crippen molar-refractivity contribution in [2.24, 2.45) is 5.92 Å². The van der Waals surface area contributed by atoms with Gasteiger partial charge in [0, 0.05) is 19.6 Å². The van der Waals surface area contributed by atoms with E-state index in [1.807, 2.05) is 0 Å². The summed E-state index contributed by atoms with van der Waals surface area (Å²) in [4.78, 5) is 28.3. The molecule has 26 heavy (non-hydrogen) atoms. The van der Waals surface area contributed by atoms with Gasteiger partial charge in [0.15, 0.2) is 0 Å². The molecule has 2 saturated heterocycles. The van der Waals surface area contributed by atoms with Crippen LogP contribution in [0.3, 0.4) is 0 Å². The molecule has 7 heteroatoms. The molecule has 142 valence electrons. The molecule has 2 atom stereocenters. The molecule has 2 aliphatic heterocycles. The first kappa shape index (κ1) is 18.6. The summed E-state index contributed by atoms with van der Waals surface area (Å²) in [6.07, 6.45) is 0.961. The van der Waals surface area contributed by atoms with E-state index in [1.54, 1.807) is 28.9 Å². The molecule has 1 aromatic rings. The molecule has 2 unspecified atom stereocenters. The third-order valence-corrected chi connectivity index (χ3v) is 4.92. The van der Waals surface area contributed by atoms with Gasteiger partial charge < -0.3 is 19.3 Å². The largest absolute Gasteiger partial charge is 0.450 e. The zero-order chi connectivity index (χ0) is 18.5. The molecule has 2 fully saturated rings. The van der Waals surface area contributed by atoms with Crippen LogP contribution in [0.15, 0.2) is 24.3 Å². The van der Waals surface area contributed by atoms with Crippen molar-refractivity contribution >= 4 is 12.0 Å². The van der Waals surface area contributed by atoms with Gasteiger partial charge >= 0.3 is 6.09 Å². The number of ether oxygens (including phenoxy) is 2. The Kier molecular flexibility index (Phi) is 6.08. The smallest absolute Gasteiger partial charge is 0.409 e. The average molecular weight is 364 g/mol.